The van der Waals surface area contributed by atoms with Crippen molar-refractivity contribution >= 4 is 51.3 Å². The van der Waals surface area contributed by atoms with E-state index in [2.05, 4.69) is 10.2 Å². The fourth-order valence-corrected chi connectivity index (χ4v) is 6.47. The molecule has 182 valence electrons. The monoisotopic (exact) mass is 537 g/mol. The van der Waals surface area contributed by atoms with Crippen LogP contribution in [0.5, 0.6) is 0 Å². The van der Waals surface area contributed by atoms with Crippen LogP contribution in [-0.2, 0) is 17.0 Å². The van der Waals surface area contributed by atoms with Crippen molar-refractivity contribution in [3.63, 3.8) is 0 Å². The summed E-state index contributed by atoms with van der Waals surface area (Å²) in [6, 6.07) is 16.7. The van der Waals surface area contributed by atoms with Crippen molar-refractivity contribution in [3.05, 3.63) is 105 Å². The largest absolute Gasteiger partial charge is 0.503 e. The standard InChI is InChI=1S/C26H20FN3O3S3/c1-2-15-9-11-16(12-10-15)21-20(22(31)19-8-5-13-34-19)23(32)24(33)30(21)25-28-29-26(36-25)35-14-17-6-3-4-7-18(17)27/h3-13,21,32H,2,14H2,1H3. The molecule has 0 fully saturated rings. The van der Waals surface area contributed by atoms with Crippen LogP contribution in [0.25, 0.3) is 0 Å². The number of benzene rings is 2. The minimum Gasteiger partial charge on any atom is -0.503 e. The second kappa shape index (κ2) is 10.3. The average Bonchev–Trinajstić information content (AvgIpc) is 3.64. The summed E-state index contributed by atoms with van der Waals surface area (Å²) < 4.78 is 14.5. The highest BCUT2D eigenvalue weighted by atomic mass is 32.2. The summed E-state index contributed by atoms with van der Waals surface area (Å²) in [5.41, 5.74) is 2.34. The number of amides is 1. The van der Waals surface area contributed by atoms with Crippen LogP contribution in [-0.4, -0.2) is 27.0 Å². The minimum absolute atomic E-state index is 0.0162. The Morgan fingerprint density at radius 3 is 2.58 bits per heavy atom. The summed E-state index contributed by atoms with van der Waals surface area (Å²) >= 11 is 3.70. The molecule has 10 heteroatoms. The summed E-state index contributed by atoms with van der Waals surface area (Å²) in [6.07, 6.45) is 0.842. The van der Waals surface area contributed by atoms with E-state index in [1.165, 1.54) is 34.1 Å². The number of thioether (sulfide) groups is 1. The van der Waals surface area contributed by atoms with Crippen molar-refractivity contribution in [1.82, 2.24) is 10.2 Å². The van der Waals surface area contributed by atoms with Gasteiger partial charge in [0.1, 0.15) is 5.82 Å². The maximum Gasteiger partial charge on any atom is 0.296 e. The van der Waals surface area contributed by atoms with Gasteiger partial charge in [-0.2, -0.15) is 0 Å². The van der Waals surface area contributed by atoms with Crippen molar-refractivity contribution in [2.45, 2.75) is 29.5 Å². The van der Waals surface area contributed by atoms with Crippen molar-refractivity contribution in [2.24, 2.45) is 0 Å². The molecule has 6 nitrogen and oxygen atoms in total. The fraction of sp³-hybridized carbons (Fsp3) is 0.154. The molecule has 0 spiro atoms. The van der Waals surface area contributed by atoms with Crippen molar-refractivity contribution in [1.29, 1.82) is 0 Å². The number of aromatic nitrogens is 2. The molecule has 1 N–H and O–H groups in total. The lowest BCUT2D eigenvalue weighted by molar-refractivity contribution is -0.117. The second-order valence-corrected chi connectivity index (χ2v) is 11.1. The summed E-state index contributed by atoms with van der Waals surface area (Å²) in [5.74, 6) is -1.65. The van der Waals surface area contributed by atoms with Gasteiger partial charge in [-0.15, -0.1) is 21.5 Å². The molecule has 1 aliphatic heterocycles. The van der Waals surface area contributed by atoms with Crippen LogP contribution in [0, 0.1) is 5.82 Å². The second-order valence-electron chi connectivity index (χ2n) is 7.97. The molecule has 36 heavy (non-hydrogen) atoms. The number of aryl methyl sites for hydroxylation is 1. The molecule has 1 unspecified atom stereocenters. The van der Waals surface area contributed by atoms with E-state index in [9.17, 15) is 19.1 Å². The number of aliphatic hydroxyl groups excluding tert-OH is 1. The number of rotatable bonds is 8. The Morgan fingerprint density at radius 2 is 1.89 bits per heavy atom. The number of Topliss-reactive ketones (excluding diaryl/α,β-unsaturated/α-hetero) is 1. The van der Waals surface area contributed by atoms with Crippen molar-refractivity contribution in [2.75, 3.05) is 4.90 Å². The maximum absolute atomic E-state index is 14.0. The minimum atomic E-state index is -0.852. The first-order valence-electron chi connectivity index (χ1n) is 11.1. The van der Waals surface area contributed by atoms with Gasteiger partial charge >= 0.3 is 0 Å². The van der Waals surface area contributed by atoms with Crippen LogP contribution in [0.2, 0.25) is 0 Å². The zero-order valence-corrected chi connectivity index (χ0v) is 21.5. The summed E-state index contributed by atoms with van der Waals surface area (Å²) in [7, 11) is 0. The highest BCUT2D eigenvalue weighted by Gasteiger charge is 2.46. The first-order valence-corrected chi connectivity index (χ1v) is 13.8. The third kappa shape index (κ3) is 4.59. The number of hydrogen-bond acceptors (Lipinski definition) is 8. The third-order valence-corrected chi connectivity index (χ3v) is 8.79. The van der Waals surface area contributed by atoms with Gasteiger partial charge in [0, 0.05) is 5.75 Å². The molecule has 0 saturated heterocycles. The Morgan fingerprint density at radius 1 is 1.11 bits per heavy atom. The highest BCUT2D eigenvalue weighted by molar-refractivity contribution is 8.00. The van der Waals surface area contributed by atoms with Gasteiger partial charge in [-0.25, -0.2) is 4.39 Å². The fourth-order valence-electron chi connectivity index (χ4n) is 3.94. The van der Waals surface area contributed by atoms with Gasteiger partial charge in [-0.05, 0) is 40.6 Å². The summed E-state index contributed by atoms with van der Waals surface area (Å²) in [5, 5.41) is 21.3. The molecule has 1 amide bonds. The number of aliphatic hydroxyl groups is 1. The maximum atomic E-state index is 14.0. The van der Waals surface area contributed by atoms with Gasteiger partial charge in [-0.3, -0.25) is 14.5 Å². The lowest BCUT2D eigenvalue weighted by atomic mass is 9.94. The predicted molar refractivity (Wildman–Crippen MR) is 140 cm³/mol. The first-order chi connectivity index (χ1) is 17.5. The molecule has 5 rings (SSSR count). The molecule has 1 aliphatic rings. The van der Waals surface area contributed by atoms with Gasteiger partial charge < -0.3 is 5.11 Å². The van der Waals surface area contributed by atoms with E-state index in [-0.39, 0.29) is 16.5 Å². The number of carbonyl (C=O) groups excluding carboxylic acids is 2. The molecule has 0 aliphatic carbocycles. The van der Waals surface area contributed by atoms with Crippen molar-refractivity contribution in [3.8, 4) is 0 Å². The number of halogens is 1. The average molecular weight is 538 g/mol. The number of anilines is 1. The zero-order valence-electron chi connectivity index (χ0n) is 19.1. The Kier molecular flexibility index (Phi) is 6.99. The van der Waals surface area contributed by atoms with E-state index in [0.717, 1.165) is 23.3 Å². The third-order valence-electron chi connectivity index (χ3n) is 5.81. The van der Waals surface area contributed by atoms with E-state index < -0.39 is 23.5 Å². The molecule has 2 aromatic carbocycles. The Labute approximate surface area is 219 Å². The molecule has 0 saturated carbocycles. The van der Waals surface area contributed by atoms with E-state index in [1.54, 1.807) is 35.7 Å². The van der Waals surface area contributed by atoms with Crippen LogP contribution in [0.4, 0.5) is 9.52 Å². The predicted octanol–water partition coefficient (Wildman–Crippen LogP) is 6.38. The highest BCUT2D eigenvalue weighted by Crippen LogP contribution is 2.44. The Bertz CT molecular complexity index is 1450. The molecule has 3 heterocycles. The lowest BCUT2D eigenvalue weighted by Crippen LogP contribution is -2.31. The van der Waals surface area contributed by atoms with Crippen LogP contribution in [0.15, 0.2) is 81.7 Å². The van der Waals surface area contributed by atoms with Crippen LogP contribution in [0.1, 0.15) is 39.3 Å². The molecule has 4 aromatic rings. The van der Waals surface area contributed by atoms with Gasteiger partial charge in [0.2, 0.25) is 10.9 Å². The number of ketones is 1. The number of nitrogens with zero attached hydrogens (tertiary/aromatic N) is 3. The van der Waals surface area contributed by atoms with Gasteiger partial charge in [-0.1, -0.05) is 78.6 Å². The van der Waals surface area contributed by atoms with Gasteiger partial charge in [0.05, 0.1) is 16.5 Å². The van der Waals surface area contributed by atoms with Crippen LogP contribution >= 0.6 is 34.4 Å². The molecule has 2 aromatic heterocycles. The molecule has 0 radical (unpaired) electrons. The van der Waals surface area contributed by atoms with E-state index in [1.807, 2.05) is 31.2 Å². The SMILES string of the molecule is CCc1ccc(C2C(C(=O)c3cccs3)=C(O)C(=O)N2c2nnc(SCc3ccccc3F)s2)cc1. The quantitative estimate of drug-likeness (QED) is 0.160. The zero-order chi connectivity index (χ0) is 25.2. The van der Waals surface area contributed by atoms with Crippen molar-refractivity contribution < 1.29 is 19.1 Å². The summed E-state index contributed by atoms with van der Waals surface area (Å²) in [6.45, 7) is 2.04. The van der Waals surface area contributed by atoms with Gasteiger partial charge in [0.25, 0.3) is 5.91 Å². The van der Waals surface area contributed by atoms with E-state index in [0.29, 0.717) is 26.1 Å². The van der Waals surface area contributed by atoms with Gasteiger partial charge in [0.15, 0.2) is 10.1 Å². The number of carbonyl (C=O) groups is 2. The normalized spacial score (nSPS) is 15.7. The number of hydrogen-bond donors (Lipinski definition) is 1. The summed E-state index contributed by atoms with van der Waals surface area (Å²) in [4.78, 5) is 28.4. The first kappa shape index (κ1) is 24.4. The molecule has 0 bridgehead atoms. The smallest absolute Gasteiger partial charge is 0.296 e. The molecular weight excluding hydrogens is 518 g/mol. The number of thiophene rings is 1. The molecular formula is C26H20FN3O3S3. The lowest BCUT2D eigenvalue weighted by Gasteiger charge is -2.24. The topological polar surface area (TPSA) is 83.4 Å². The Hall–Kier alpha value is -3.34. The van der Waals surface area contributed by atoms with Crippen LogP contribution in [0.3, 0.4) is 0 Å². The Balaban J connectivity index is 1.49. The van der Waals surface area contributed by atoms with Crippen LogP contribution < -0.4 is 4.90 Å². The molecule has 1 atom stereocenters. The van der Waals surface area contributed by atoms with E-state index >= 15 is 0 Å². The van der Waals surface area contributed by atoms with E-state index in [4.69, 9.17) is 0 Å².